The molecular weight excluding hydrogens is 738 g/mol. The van der Waals surface area contributed by atoms with E-state index in [0.717, 1.165) is 49.9 Å². The predicted octanol–water partition coefficient (Wildman–Crippen LogP) is 7.47. The van der Waals surface area contributed by atoms with Crippen molar-refractivity contribution < 1.29 is 49.8 Å². The van der Waals surface area contributed by atoms with Crippen LogP contribution in [0.1, 0.15) is 101 Å². The zero-order chi connectivity index (χ0) is 39.7. The number of alkyl halides is 5. The highest BCUT2D eigenvalue weighted by Gasteiger charge is 2.68. The van der Waals surface area contributed by atoms with E-state index in [9.17, 15) is 35.9 Å². The van der Waals surface area contributed by atoms with Crippen molar-refractivity contribution in [3.8, 4) is 23.0 Å². The molecule has 0 bridgehead atoms. The molecule has 2 aromatic heterocycles. The number of primary amides is 1. The van der Waals surface area contributed by atoms with Crippen LogP contribution in [0.3, 0.4) is 0 Å². The summed E-state index contributed by atoms with van der Waals surface area (Å²) in [7, 11) is 0. The van der Waals surface area contributed by atoms with Crippen LogP contribution in [0.2, 0.25) is 0 Å². The van der Waals surface area contributed by atoms with Gasteiger partial charge in [-0.05, 0) is 85.0 Å². The van der Waals surface area contributed by atoms with Crippen LogP contribution < -0.4 is 11.1 Å². The first-order valence-corrected chi connectivity index (χ1v) is 17.6. The molecular formula is C39H35F8N5O3. The molecule has 0 saturated heterocycles. The zero-order valence-electron chi connectivity index (χ0n) is 29.1. The van der Waals surface area contributed by atoms with Crippen LogP contribution in [0.25, 0.3) is 11.1 Å². The number of aliphatic hydroxyl groups excluding tert-OH is 1. The van der Waals surface area contributed by atoms with Crippen LogP contribution in [0.4, 0.5) is 35.1 Å². The summed E-state index contributed by atoms with van der Waals surface area (Å²) in [5.74, 6) is -5.14. The maximum atomic E-state index is 15.3. The second-order valence-electron chi connectivity index (χ2n) is 13.7. The predicted molar refractivity (Wildman–Crippen MR) is 183 cm³/mol. The first kappa shape index (κ1) is 39.4. The number of aliphatic hydroxyl groups is 1. The smallest absolute Gasteiger partial charge is 0.396 e. The van der Waals surface area contributed by atoms with Gasteiger partial charge in [-0.25, -0.2) is 18.2 Å². The third-order valence-corrected chi connectivity index (χ3v) is 9.66. The number of halogens is 8. The first-order valence-electron chi connectivity index (χ1n) is 17.6. The number of pyridine rings is 1. The summed E-state index contributed by atoms with van der Waals surface area (Å²) in [5, 5.41) is 15.0. The Kier molecular flexibility index (Phi) is 11.3. The van der Waals surface area contributed by atoms with Gasteiger partial charge in [0.25, 0.3) is 11.8 Å². The highest BCUT2D eigenvalue weighted by Crippen LogP contribution is 2.68. The van der Waals surface area contributed by atoms with E-state index in [0.29, 0.717) is 23.6 Å². The molecule has 4 N–H and O–H groups in total. The number of hydrogen-bond donors (Lipinski definition) is 3. The molecule has 8 nitrogen and oxygen atoms in total. The summed E-state index contributed by atoms with van der Waals surface area (Å²) in [6.45, 7) is -0.959. The van der Waals surface area contributed by atoms with Crippen LogP contribution in [-0.2, 0) is 29.9 Å². The highest BCUT2D eigenvalue weighted by atomic mass is 19.4. The Morgan fingerprint density at radius 1 is 1.00 bits per heavy atom. The largest absolute Gasteiger partial charge is 0.435 e. The Morgan fingerprint density at radius 3 is 2.40 bits per heavy atom. The fraction of sp³-hybridized carbons (Fsp3) is 0.385. The lowest BCUT2D eigenvalue weighted by molar-refractivity contribution is -0.142. The number of rotatable bonds is 14. The number of carbonyl (C=O) groups excluding carboxylic acids is 2. The summed E-state index contributed by atoms with van der Waals surface area (Å²) in [6.07, 6.45) is -0.998. The van der Waals surface area contributed by atoms with E-state index in [4.69, 9.17) is 10.8 Å². The summed E-state index contributed by atoms with van der Waals surface area (Å²) < 4.78 is 116. The minimum atomic E-state index is -5.07. The Labute approximate surface area is 310 Å². The Balaban J connectivity index is 1.39. The van der Waals surface area contributed by atoms with Crippen LogP contribution in [0.15, 0.2) is 48.5 Å². The lowest BCUT2D eigenvalue weighted by Crippen LogP contribution is -2.35. The van der Waals surface area contributed by atoms with Gasteiger partial charge in [0.2, 0.25) is 5.91 Å². The topological polar surface area (TPSA) is 123 Å². The summed E-state index contributed by atoms with van der Waals surface area (Å²) in [4.78, 5) is 30.4. The molecule has 2 aliphatic rings. The molecule has 2 heterocycles. The number of aromatic nitrogens is 3. The molecule has 4 aromatic rings. The van der Waals surface area contributed by atoms with Crippen LogP contribution in [-0.4, -0.2) is 38.3 Å². The van der Waals surface area contributed by atoms with Crippen LogP contribution >= 0.6 is 0 Å². The number of benzene rings is 2. The first-order chi connectivity index (χ1) is 26.1. The number of hydrogen-bond acceptors (Lipinski definition) is 5. The van der Waals surface area contributed by atoms with Gasteiger partial charge < -0.3 is 16.2 Å². The maximum Gasteiger partial charge on any atom is 0.435 e. The third kappa shape index (κ3) is 8.67. The molecule has 2 aliphatic carbocycles. The minimum Gasteiger partial charge on any atom is -0.396 e. The van der Waals surface area contributed by atoms with Gasteiger partial charge in [-0.1, -0.05) is 31.2 Å². The molecule has 55 heavy (non-hydrogen) atoms. The third-order valence-electron chi connectivity index (χ3n) is 9.66. The van der Waals surface area contributed by atoms with E-state index in [-0.39, 0.29) is 47.5 Å². The van der Waals surface area contributed by atoms with Gasteiger partial charge in [0.15, 0.2) is 5.69 Å². The number of amides is 2. The van der Waals surface area contributed by atoms with E-state index >= 15 is 8.78 Å². The lowest BCUT2D eigenvalue weighted by atomic mass is 9.94. The molecule has 6 rings (SSSR count). The molecule has 290 valence electrons. The van der Waals surface area contributed by atoms with E-state index in [1.807, 2.05) is 0 Å². The van der Waals surface area contributed by atoms with Gasteiger partial charge in [-0.15, -0.1) is 0 Å². The van der Waals surface area contributed by atoms with Crippen molar-refractivity contribution >= 4 is 11.8 Å². The number of nitrogens with two attached hydrogens (primary N) is 1. The highest BCUT2D eigenvalue weighted by molar-refractivity contribution is 5.94. The summed E-state index contributed by atoms with van der Waals surface area (Å²) in [5.41, 5.74) is 2.33. The Morgan fingerprint density at radius 2 is 1.71 bits per heavy atom. The average Bonchev–Trinajstić information content (AvgIpc) is 3.76. The van der Waals surface area contributed by atoms with Crippen molar-refractivity contribution in [2.24, 2.45) is 11.7 Å². The van der Waals surface area contributed by atoms with Crippen molar-refractivity contribution in [3.05, 3.63) is 105 Å². The quantitative estimate of drug-likeness (QED) is 0.0698. The molecule has 1 saturated carbocycles. The van der Waals surface area contributed by atoms with E-state index in [1.54, 1.807) is 0 Å². The second-order valence-corrected chi connectivity index (χ2v) is 13.7. The number of nitrogens with one attached hydrogen (secondary N) is 1. The van der Waals surface area contributed by atoms with Crippen molar-refractivity contribution in [3.63, 3.8) is 0 Å². The summed E-state index contributed by atoms with van der Waals surface area (Å²) >= 11 is 0. The minimum absolute atomic E-state index is 0.0101. The Bertz CT molecular complexity index is 2150. The van der Waals surface area contributed by atoms with Gasteiger partial charge >= 0.3 is 6.18 Å². The molecule has 3 atom stereocenters. The van der Waals surface area contributed by atoms with Crippen molar-refractivity contribution in [1.82, 2.24) is 20.1 Å². The summed E-state index contributed by atoms with van der Waals surface area (Å²) in [6, 6.07) is 7.67. The lowest BCUT2D eigenvalue weighted by Gasteiger charge is -2.23. The number of carbonyl (C=O) groups is 2. The fourth-order valence-electron chi connectivity index (χ4n) is 7.09. The van der Waals surface area contributed by atoms with Gasteiger partial charge in [-0.3, -0.25) is 14.3 Å². The number of unbranched alkanes of at least 4 members (excludes halogenated alkanes) is 5. The molecule has 0 aliphatic heterocycles. The second kappa shape index (κ2) is 15.8. The molecule has 16 heteroatoms. The van der Waals surface area contributed by atoms with Crippen LogP contribution in [0, 0.1) is 35.2 Å². The Hall–Kier alpha value is -5.30. The van der Waals surface area contributed by atoms with E-state index in [2.05, 4.69) is 27.2 Å². The van der Waals surface area contributed by atoms with Gasteiger partial charge in [-0.2, -0.15) is 27.1 Å². The van der Waals surface area contributed by atoms with Crippen LogP contribution in [0.5, 0.6) is 0 Å². The van der Waals surface area contributed by atoms with Gasteiger partial charge in [0.1, 0.15) is 35.4 Å². The molecule has 0 spiro atoms. The SMILES string of the molecule is NC(=O)c1cc(-c2ccc(C#CCCCCCCCO)nc2[C@H](Cc2cc(F)cc(F)c2)NC(=O)Cn2nc(C(F)(F)F)c3c2C(F)(F)[C@@H]2C[C@H]32)ccc1F. The van der Waals surface area contributed by atoms with E-state index < -0.39 is 88.3 Å². The molecule has 1 fully saturated rings. The number of fused-ring (bicyclic) bond motifs is 3. The zero-order valence-corrected chi connectivity index (χ0v) is 29.1. The van der Waals surface area contributed by atoms with Gasteiger partial charge in [0, 0.05) is 36.1 Å². The molecule has 2 amide bonds. The molecule has 0 unspecified atom stereocenters. The normalized spacial score (nSPS) is 17.2. The maximum absolute atomic E-state index is 15.3. The monoisotopic (exact) mass is 773 g/mol. The van der Waals surface area contributed by atoms with Gasteiger partial charge in [0.05, 0.1) is 17.3 Å². The van der Waals surface area contributed by atoms with Crippen molar-refractivity contribution in [2.75, 3.05) is 6.61 Å². The standard InChI is InChI=1S/C39H35F8N5O3/c40-23-14-21(15-24(41)18-23)16-31(50-32(54)20-52-36-33(35(51-52)39(45,46)47)27-19-29(27)38(36,43)44)34-26(22-9-12-30(42)28(17-22)37(48)55)11-10-25(49-34)8-6-4-2-1-3-5-7-13-53/h9-12,14-15,17-18,27,29,31,53H,1-5,7,13,16,19-20H2,(H2,48,55)(H,50,54)/t27-,29+,31-/m0/s1. The average molecular weight is 774 g/mol. The molecule has 0 radical (unpaired) electrons. The van der Waals surface area contributed by atoms with E-state index in [1.165, 1.54) is 18.2 Å². The number of nitrogens with zero attached hydrogens (tertiary/aromatic N) is 3. The fourth-order valence-corrected chi connectivity index (χ4v) is 7.09. The van der Waals surface area contributed by atoms with Crippen molar-refractivity contribution in [2.45, 2.75) is 82.0 Å². The van der Waals surface area contributed by atoms with Crippen molar-refractivity contribution in [1.29, 1.82) is 0 Å². The molecule has 2 aromatic carbocycles.